The molecule has 166 valence electrons. The zero-order chi connectivity index (χ0) is 23.1. The third-order valence-electron chi connectivity index (χ3n) is 5.21. The van der Waals surface area contributed by atoms with Crippen LogP contribution in [0.3, 0.4) is 0 Å². The van der Waals surface area contributed by atoms with Crippen molar-refractivity contribution < 1.29 is 13.2 Å². The molecule has 0 bridgehead atoms. The van der Waals surface area contributed by atoms with Gasteiger partial charge in [0.05, 0.1) is 16.0 Å². The first-order valence-corrected chi connectivity index (χ1v) is 12.1. The van der Waals surface area contributed by atoms with Gasteiger partial charge in [-0.15, -0.1) is 0 Å². The van der Waals surface area contributed by atoms with Gasteiger partial charge < -0.3 is 5.32 Å². The fourth-order valence-electron chi connectivity index (χ4n) is 3.49. The summed E-state index contributed by atoms with van der Waals surface area (Å²) in [5.74, 6) is -0.332. The number of hydrogen-bond acceptors (Lipinski definition) is 5. The van der Waals surface area contributed by atoms with E-state index in [9.17, 15) is 13.2 Å². The molecule has 4 rings (SSSR count). The van der Waals surface area contributed by atoms with E-state index in [1.165, 1.54) is 5.41 Å². The van der Waals surface area contributed by atoms with E-state index in [2.05, 4.69) is 15.3 Å². The number of rotatable bonds is 8. The lowest BCUT2D eigenvalue weighted by atomic mass is 10.0. The molecule has 1 unspecified atom stereocenters. The molecule has 0 radical (unpaired) electrons. The van der Waals surface area contributed by atoms with Crippen molar-refractivity contribution in [2.24, 2.45) is 0 Å². The van der Waals surface area contributed by atoms with Crippen LogP contribution in [0.1, 0.15) is 22.3 Å². The molecule has 0 aliphatic heterocycles. The van der Waals surface area contributed by atoms with Crippen LogP contribution in [0.4, 0.5) is 0 Å². The van der Waals surface area contributed by atoms with Crippen LogP contribution < -0.4 is 5.32 Å². The van der Waals surface area contributed by atoms with Gasteiger partial charge in [-0.1, -0.05) is 60.7 Å². The molecule has 0 fully saturated rings. The minimum absolute atomic E-state index is 0.207. The molecule has 0 saturated carbocycles. The van der Waals surface area contributed by atoms with E-state index < -0.39 is 15.9 Å². The molecule has 0 spiro atoms. The third-order valence-corrected chi connectivity index (χ3v) is 6.65. The Morgan fingerprint density at radius 2 is 1.58 bits per heavy atom. The van der Waals surface area contributed by atoms with Crippen molar-refractivity contribution in [3.05, 3.63) is 114 Å². The Kier molecular flexibility index (Phi) is 6.90. The minimum atomic E-state index is -3.63. The smallest absolute Gasteiger partial charge is 0.254 e. The number of sulfone groups is 1. The summed E-state index contributed by atoms with van der Waals surface area (Å²) in [5.41, 5.74) is 2.62. The lowest BCUT2D eigenvalue weighted by Crippen LogP contribution is -2.34. The maximum absolute atomic E-state index is 13.1. The molecule has 1 heterocycles. The predicted octanol–water partition coefficient (Wildman–Crippen LogP) is 4.35. The Balaban J connectivity index is 1.58. The Hall–Kier alpha value is -3.84. The second kappa shape index (κ2) is 10.2. The van der Waals surface area contributed by atoms with Crippen LogP contribution in [-0.2, 0) is 16.3 Å². The number of amides is 1. The van der Waals surface area contributed by atoms with Crippen LogP contribution in [0.25, 0.3) is 11.0 Å². The van der Waals surface area contributed by atoms with E-state index in [0.717, 1.165) is 5.56 Å². The maximum atomic E-state index is 13.1. The Labute approximate surface area is 193 Å². The molecule has 1 atom stereocenters. The standard InChI is InChI=1S/C26H23N3O3S/c30-26(23-12-7-13-24-25(23)28-18-17-27-24)29-21(15-14-20-8-3-1-4-9-20)16-19-33(31,32)22-10-5-2-6-11-22/h1-13,16-19,21H,14-15H2,(H,29,30). The maximum Gasteiger partial charge on any atom is 0.254 e. The molecule has 0 aliphatic carbocycles. The second-order valence-corrected chi connectivity index (χ2v) is 9.35. The summed E-state index contributed by atoms with van der Waals surface area (Å²) >= 11 is 0. The lowest BCUT2D eigenvalue weighted by molar-refractivity contribution is 0.0944. The van der Waals surface area contributed by atoms with E-state index in [1.807, 2.05) is 30.3 Å². The SMILES string of the molecule is O=C(NC(C=CS(=O)(=O)c1ccccc1)CCc1ccccc1)c1cccc2nccnc12. The zero-order valence-electron chi connectivity index (χ0n) is 17.8. The normalized spacial score (nSPS) is 12.6. The summed E-state index contributed by atoms with van der Waals surface area (Å²) in [4.78, 5) is 21.9. The molecule has 7 heteroatoms. The molecule has 1 N–H and O–H groups in total. The molecular formula is C26H23N3O3S. The van der Waals surface area contributed by atoms with Crippen molar-refractivity contribution in [3.8, 4) is 0 Å². The molecule has 0 saturated heterocycles. The van der Waals surface area contributed by atoms with E-state index in [1.54, 1.807) is 67.0 Å². The van der Waals surface area contributed by atoms with Gasteiger partial charge in [0.25, 0.3) is 5.91 Å². The lowest BCUT2D eigenvalue weighted by Gasteiger charge is -2.16. The average Bonchev–Trinajstić information content (AvgIpc) is 2.86. The number of nitrogens with one attached hydrogen (secondary N) is 1. The summed E-state index contributed by atoms with van der Waals surface area (Å²) in [6, 6.07) is 22.8. The highest BCUT2D eigenvalue weighted by molar-refractivity contribution is 7.94. The fourth-order valence-corrected chi connectivity index (χ4v) is 4.58. The Bertz CT molecular complexity index is 1370. The largest absolute Gasteiger partial charge is 0.346 e. The molecule has 0 aliphatic rings. The van der Waals surface area contributed by atoms with Gasteiger partial charge >= 0.3 is 0 Å². The summed E-state index contributed by atoms with van der Waals surface area (Å²) in [5, 5.41) is 4.13. The van der Waals surface area contributed by atoms with Crippen LogP contribution >= 0.6 is 0 Å². The van der Waals surface area contributed by atoms with Gasteiger partial charge in [0.15, 0.2) is 9.84 Å². The number of carbonyl (C=O) groups is 1. The topological polar surface area (TPSA) is 89.0 Å². The van der Waals surface area contributed by atoms with Gasteiger partial charge in [0.1, 0.15) is 5.52 Å². The van der Waals surface area contributed by atoms with Crippen LogP contribution in [-0.4, -0.2) is 30.3 Å². The third kappa shape index (κ3) is 5.70. The van der Waals surface area contributed by atoms with Gasteiger partial charge in [-0.3, -0.25) is 14.8 Å². The van der Waals surface area contributed by atoms with Crippen molar-refractivity contribution in [1.82, 2.24) is 15.3 Å². The van der Waals surface area contributed by atoms with Crippen molar-refractivity contribution in [2.45, 2.75) is 23.8 Å². The van der Waals surface area contributed by atoms with Gasteiger partial charge in [-0.05, 0) is 42.7 Å². The molecule has 33 heavy (non-hydrogen) atoms. The summed E-state index contributed by atoms with van der Waals surface area (Å²) in [6.45, 7) is 0. The van der Waals surface area contributed by atoms with Crippen LogP contribution in [0.5, 0.6) is 0 Å². The van der Waals surface area contributed by atoms with E-state index in [0.29, 0.717) is 29.4 Å². The van der Waals surface area contributed by atoms with Crippen molar-refractivity contribution in [3.63, 3.8) is 0 Å². The number of fused-ring (bicyclic) bond motifs is 1. The Morgan fingerprint density at radius 1 is 0.879 bits per heavy atom. The van der Waals surface area contributed by atoms with Gasteiger partial charge in [-0.2, -0.15) is 0 Å². The first-order valence-electron chi connectivity index (χ1n) is 10.6. The predicted molar refractivity (Wildman–Crippen MR) is 128 cm³/mol. The first kappa shape index (κ1) is 22.4. The number of hydrogen-bond donors (Lipinski definition) is 1. The quantitative estimate of drug-likeness (QED) is 0.425. The van der Waals surface area contributed by atoms with Crippen molar-refractivity contribution >= 4 is 26.8 Å². The minimum Gasteiger partial charge on any atom is -0.346 e. The molecule has 6 nitrogen and oxygen atoms in total. The number of para-hydroxylation sites is 1. The molecular weight excluding hydrogens is 434 g/mol. The molecule has 1 amide bonds. The molecule has 1 aromatic heterocycles. The fraction of sp³-hybridized carbons (Fsp3) is 0.115. The van der Waals surface area contributed by atoms with Crippen molar-refractivity contribution in [2.75, 3.05) is 0 Å². The monoisotopic (exact) mass is 457 g/mol. The van der Waals surface area contributed by atoms with Gasteiger partial charge in [0, 0.05) is 23.8 Å². The van der Waals surface area contributed by atoms with E-state index in [-0.39, 0.29) is 10.8 Å². The van der Waals surface area contributed by atoms with Crippen LogP contribution in [0.2, 0.25) is 0 Å². The van der Waals surface area contributed by atoms with Crippen molar-refractivity contribution in [1.29, 1.82) is 0 Å². The van der Waals surface area contributed by atoms with Gasteiger partial charge in [0.2, 0.25) is 0 Å². The summed E-state index contributed by atoms with van der Waals surface area (Å²) in [6.07, 6.45) is 5.87. The van der Waals surface area contributed by atoms with Crippen LogP contribution in [0, 0.1) is 0 Å². The number of benzene rings is 3. The van der Waals surface area contributed by atoms with Gasteiger partial charge in [-0.25, -0.2) is 8.42 Å². The number of carbonyl (C=O) groups excluding carboxylic acids is 1. The molecule has 3 aromatic carbocycles. The van der Waals surface area contributed by atoms with E-state index >= 15 is 0 Å². The summed E-state index contributed by atoms with van der Waals surface area (Å²) in [7, 11) is -3.63. The highest BCUT2D eigenvalue weighted by atomic mass is 32.2. The highest BCUT2D eigenvalue weighted by Crippen LogP contribution is 2.16. The van der Waals surface area contributed by atoms with Crippen LogP contribution in [0.15, 0.2) is 108 Å². The Morgan fingerprint density at radius 3 is 2.33 bits per heavy atom. The second-order valence-electron chi connectivity index (χ2n) is 7.52. The highest BCUT2D eigenvalue weighted by Gasteiger charge is 2.17. The summed E-state index contributed by atoms with van der Waals surface area (Å²) < 4.78 is 25.4. The number of nitrogens with zero attached hydrogens (tertiary/aromatic N) is 2. The molecule has 4 aromatic rings. The number of aromatic nitrogens is 2. The first-order chi connectivity index (χ1) is 16.0. The van der Waals surface area contributed by atoms with E-state index in [4.69, 9.17) is 0 Å². The average molecular weight is 458 g/mol. The number of aryl methyl sites for hydroxylation is 1. The zero-order valence-corrected chi connectivity index (χ0v) is 18.7.